The third kappa shape index (κ3) is 3.72. The number of urea groups is 1. The summed E-state index contributed by atoms with van der Waals surface area (Å²) in [7, 11) is 0. The minimum atomic E-state index is -0.0747. The van der Waals surface area contributed by atoms with E-state index in [1.54, 1.807) is 16.2 Å². The maximum absolute atomic E-state index is 13.0. The number of hydrogen-bond donors (Lipinski definition) is 2. The lowest BCUT2D eigenvalue weighted by molar-refractivity contribution is 0.0922. The Morgan fingerprint density at radius 1 is 1.30 bits per heavy atom. The summed E-state index contributed by atoms with van der Waals surface area (Å²) in [5.41, 5.74) is 2.45. The molecule has 6 heteroatoms. The van der Waals surface area contributed by atoms with Gasteiger partial charge in [-0.3, -0.25) is 9.69 Å². The van der Waals surface area contributed by atoms with Gasteiger partial charge in [0, 0.05) is 29.2 Å². The van der Waals surface area contributed by atoms with Gasteiger partial charge in [0.15, 0.2) is 0 Å². The van der Waals surface area contributed by atoms with Gasteiger partial charge in [-0.1, -0.05) is 18.9 Å². The van der Waals surface area contributed by atoms with Crippen LogP contribution in [0.4, 0.5) is 10.5 Å². The largest absolute Gasteiger partial charge is 0.344 e. The van der Waals surface area contributed by atoms with Crippen LogP contribution in [0.3, 0.4) is 0 Å². The highest BCUT2D eigenvalue weighted by Gasteiger charge is 2.29. The van der Waals surface area contributed by atoms with Crippen LogP contribution in [0.1, 0.15) is 52.5 Å². The Labute approximate surface area is 163 Å². The van der Waals surface area contributed by atoms with Gasteiger partial charge < -0.3 is 10.6 Å². The second kappa shape index (κ2) is 7.72. The van der Waals surface area contributed by atoms with Crippen LogP contribution >= 0.6 is 11.3 Å². The van der Waals surface area contributed by atoms with Crippen molar-refractivity contribution >= 4 is 29.0 Å². The lowest BCUT2D eigenvalue weighted by Gasteiger charge is -2.24. The Morgan fingerprint density at radius 2 is 2.11 bits per heavy atom. The van der Waals surface area contributed by atoms with Gasteiger partial charge in [-0.05, 0) is 60.9 Å². The van der Waals surface area contributed by atoms with Crippen molar-refractivity contribution in [2.45, 2.75) is 38.6 Å². The number of nitrogens with zero attached hydrogens (tertiary/aromatic N) is 1. The molecule has 1 atom stereocenters. The van der Waals surface area contributed by atoms with Gasteiger partial charge in [0.1, 0.15) is 0 Å². The van der Waals surface area contributed by atoms with Gasteiger partial charge in [-0.2, -0.15) is 0 Å². The highest BCUT2D eigenvalue weighted by molar-refractivity contribution is 7.10. The number of hydrogen-bond acceptors (Lipinski definition) is 3. The number of aryl methyl sites for hydroxylation is 1. The Balaban J connectivity index is 1.53. The standard InChI is InChI=1S/C21H25N3O2S/c1-14-13-16(8-9-17(14)24-11-10-22-21(24)26)20(25)23-19(15-5-2-3-6-15)18-7-4-12-27-18/h4,7-9,12-13,15,19H,2-3,5-6,10-11H2,1H3,(H,22,26)(H,23,25)/t19-/m0/s1. The van der Waals surface area contributed by atoms with Gasteiger partial charge in [-0.15, -0.1) is 11.3 Å². The molecule has 2 N–H and O–H groups in total. The van der Waals surface area contributed by atoms with E-state index in [1.807, 2.05) is 31.2 Å². The van der Waals surface area contributed by atoms with Crippen molar-refractivity contribution in [3.05, 3.63) is 51.7 Å². The van der Waals surface area contributed by atoms with E-state index in [0.29, 0.717) is 24.6 Å². The van der Waals surface area contributed by atoms with Crippen molar-refractivity contribution in [3.8, 4) is 0 Å². The smallest absolute Gasteiger partial charge is 0.322 e. The summed E-state index contributed by atoms with van der Waals surface area (Å²) >= 11 is 1.71. The number of thiophene rings is 1. The van der Waals surface area contributed by atoms with Gasteiger partial charge in [-0.25, -0.2) is 4.79 Å². The quantitative estimate of drug-likeness (QED) is 0.811. The molecule has 3 amide bonds. The zero-order valence-electron chi connectivity index (χ0n) is 15.5. The second-order valence-corrected chi connectivity index (χ2v) is 8.38. The Kier molecular flexibility index (Phi) is 5.16. The van der Waals surface area contributed by atoms with Crippen molar-refractivity contribution in [1.29, 1.82) is 0 Å². The predicted molar refractivity (Wildman–Crippen MR) is 108 cm³/mol. The van der Waals surface area contributed by atoms with E-state index in [4.69, 9.17) is 0 Å². The van der Waals surface area contributed by atoms with E-state index in [9.17, 15) is 9.59 Å². The first kappa shape index (κ1) is 18.0. The molecule has 0 bridgehead atoms. The van der Waals surface area contributed by atoms with E-state index in [1.165, 1.54) is 30.6 Å². The summed E-state index contributed by atoms with van der Waals surface area (Å²) in [6.07, 6.45) is 4.83. The van der Waals surface area contributed by atoms with Gasteiger partial charge in [0.2, 0.25) is 0 Å². The summed E-state index contributed by atoms with van der Waals surface area (Å²) in [6.45, 7) is 3.27. The lowest BCUT2D eigenvalue weighted by atomic mass is 9.96. The summed E-state index contributed by atoms with van der Waals surface area (Å²) in [5, 5.41) is 8.17. The maximum atomic E-state index is 13.0. The number of anilines is 1. The van der Waals surface area contributed by atoms with Gasteiger partial charge in [0.05, 0.1) is 6.04 Å². The molecular formula is C21H25N3O2S. The Hall–Kier alpha value is -2.34. The molecule has 1 saturated carbocycles. The SMILES string of the molecule is Cc1cc(C(=O)N[C@H](c2cccs2)C2CCCC2)ccc1N1CCNC1=O. The molecule has 1 aliphatic carbocycles. The minimum absolute atomic E-state index is 0.0409. The molecule has 0 unspecified atom stereocenters. The topological polar surface area (TPSA) is 61.4 Å². The molecule has 142 valence electrons. The molecule has 1 saturated heterocycles. The first-order valence-electron chi connectivity index (χ1n) is 9.64. The van der Waals surface area contributed by atoms with Crippen LogP contribution in [0.15, 0.2) is 35.7 Å². The Morgan fingerprint density at radius 3 is 2.74 bits per heavy atom. The van der Waals surface area contributed by atoms with E-state index in [-0.39, 0.29) is 18.0 Å². The van der Waals surface area contributed by atoms with Crippen molar-refractivity contribution in [2.75, 3.05) is 18.0 Å². The number of carbonyl (C=O) groups excluding carboxylic acids is 2. The van der Waals surface area contributed by atoms with Crippen molar-refractivity contribution in [1.82, 2.24) is 10.6 Å². The van der Waals surface area contributed by atoms with Crippen LogP contribution in [-0.4, -0.2) is 25.0 Å². The first-order chi connectivity index (χ1) is 13.1. The molecule has 1 aliphatic heterocycles. The highest BCUT2D eigenvalue weighted by atomic mass is 32.1. The van der Waals surface area contributed by atoms with Crippen LogP contribution in [0.2, 0.25) is 0 Å². The third-order valence-corrected chi connectivity index (χ3v) is 6.57. The number of carbonyl (C=O) groups is 2. The number of nitrogens with one attached hydrogen (secondary N) is 2. The van der Waals surface area contributed by atoms with Gasteiger partial charge in [0.25, 0.3) is 5.91 Å². The summed E-state index contributed by atoms with van der Waals surface area (Å²) in [6, 6.07) is 9.77. The van der Waals surface area contributed by atoms with Crippen molar-refractivity contribution in [3.63, 3.8) is 0 Å². The first-order valence-corrected chi connectivity index (χ1v) is 10.5. The van der Waals surface area contributed by atoms with Crippen LogP contribution < -0.4 is 15.5 Å². The molecule has 1 aromatic heterocycles. The van der Waals surface area contributed by atoms with Gasteiger partial charge >= 0.3 is 6.03 Å². The van der Waals surface area contributed by atoms with E-state index >= 15 is 0 Å². The third-order valence-electron chi connectivity index (χ3n) is 5.61. The molecule has 4 rings (SSSR count). The lowest BCUT2D eigenvalue weighted by Crippen LogP contribution is -2.32. The molecule has 2 aliphatic rings. The zero-order valence-corrected chi connectivity index (χ0v) is 16.3. The molecule has 5 nitrogen and oxygen atoms in total. The Bertz CT molecular complexity index is 828. The maximum Gasteiger partial charge on any atom is 0.322 e. The number of rotatable bonds is 5. The molecular weight excluding hydrogens is 358 g/mol. The molecule has 2 aromatic rings. The van der Waals surface area contributed by atoms with Crippen LogP contribution in [0, 0.1) is 12.8 Å². The zero-order chi connectivity index (χ0) is 18.8. The fraction of sp³-hybridized carbons (Fsp3) is 0.429. The average molecular weight is 384 g/mol. The van der Waals surface area contributed by atoms with E-state index in [2.05, 4.69) is 22.1 Å². The average Bonchev–Trinajstić information content (AvgIpc) is 3.42. The van der Waals surface area contributed by atoms with Crippen LogP contribution in [0.5, 0.6) is 0 Å². The summed E-state index contributed by atoms with van der Waals surface area (Å²) in [4.78, 5) is 27.8. The van der Waals surface area contributed by atoms with E-state index in [0.717, 1.165) is 11.3 Å². The molecule has 2 fully saturated rings. The van der Waals surface area contributed by atoms with Crippen LogP contribution in [0.25, 0.3) is 0 Å². The van der Waals surface area contributed by atoms with Crippen LogP contribution in [-0.2, 0) is 0 Å². The van der Waals surface area contributed by atoms with Crippen molar-refractivity contribution < 1.29 is 9.59 Å². The monoisotopic (exact) mass is 383 g/mol. The highest BCUT2D eigenvalue weighted by Crippen LogP contribution is 2.37. The molecule has 0 spiro atoms. The van der Waals surface area contributed by atoms with E-state index < -0.39 is 0 Å². The fourth-order valence-corrected chi connectivity index (χ4v) is 5.08. The normalized spacial score (nSPS) is 18.6. The molecule has 0 radical (unpaired) electrons. The summed E-state index contributed by atoms with van der Waals surface area (Å²) in [5.74, 6) is 0.474. The predicted octanol–water partition coefficient (Wildman–Crippen LogP) is 4.25. The summed E-state index contributed by atoms with van der Waals surface area (Å²) < 4.78 is 0. The number of amides is 3. The molecule has 27 heavy (non-hydrogen) atoms. The second-order valence-electron chi connectivity index (χ2n) is 7.40. The molecule has 2 heterocycles. The van der Waals surface area contributed by atoms with Crippen molar-refractivity contribution in [2.24, 2.45) is 5.92 Å². The minimum Gasteiger partial charge on any atom is -0.344 e. The molecule has 1 aromatic carbocycles. The number of benzene rings is 1. The fourth-order valence-electron chi connectivity index (χ4n) is 4.21.